The van der Waals surface area contributed by atoms with Crippen molar-refractivity contribution < 1.29 is 9.32 Å². The minimum atomic E-state index is -0.194. The van der Waals surface area contributed by atoms with Gasteiger partial charge in [-0.15, -0.1) is 11.6 Å². The average Bonchev–Trinajstić information content (AvgIpc) is 2.70. The number of aromatic nitrogens is 1. The van der Waals surface area contributed by atoms with Crippen molar-refractivity contribution in [2.45, 2.75) is 33.6 Å². The molecule has 0 aliphatic carbocycles. The number of alkyl halides is 1. The Morgan fingerprint density at radius 1 is 1.59 bits per heavy atom. The Hall–Kier alpha value is -1.03. The van der Waals surface area contributed by atoms with Crippen LogP contribution in [0.25, 0.3) is 0 Å². The summed E-state index contributed by atoms with van der Waals surface area (Å²) in [4.78, 5) is 11.7. The van der Waals surface area contributed by atoms with Gasteiger partial charge >= 0.3 is 0 Å². The molecule has 1 heterocycles. The van der Waals surface area contributed by atoms with Crippen molar-refractivity contribution in [1.82, 2.24) is 10.5 Å². The molecule has 0 aliphatic rings. The molecule has 5 heteroatoms. The molecule has 17 heavy (non-hydrogen) atoms. The summed E-state index contributed by atoms with van der Waals surface area (Å²) in [6, 6.07) is 1.63. The van der Waals surface area contributed by atoms with Gasteiger partial charge in [0.05, 0.1) is 0 Å². The highest BCUT2D eigenvalue weighted by atomic mass is 35.5. The highest BCUT2D eigenvalue weighted by Crippen LogP contribution is 2.21. The van der Waals surface area contributed by atoms with Gasteiger partial charge in [-0.25, -0.2) is 0 Å². The zero-order valence-corrected chi connectivity index (χ0v) is 11.3. The van der Waals surface area contributed by atoms with E-state index in [-0.39, 0.29) is 11.3 Å². The number of carbonyl (C=O) groups excluding carboxylic acids is 1. The van der Waals surface area contributed by atoms with Gasteiger partial charge in [0.1, 0.15) is 5.76 Å². The maximum absolute atomic E-state index is 11.7. The minimum Gasteiger partial charge on any atom is -0.361 e. The van der Waals surface area contributed by atoms with E-state index in [1.165, 1.54) is 0 Å². The first-order valence-electron chi connectivity index (χ1n) is 5.72. The first-order valence-corrected chi connectivity index (χ1v) is 6.25. The lowest BCUT2D eigenvalue weighted by Gasteiger charge is -2.24. The molecule has 0 unspecified atom stereocenters. The quantitative estimate of drug-likeness (QED) is 0.799. The molecular formula is C12H19ClN2O2. The molecule has 0 fully saturated rings. The van der Waals surface area contributed by atoms with Gasteiger partial charge in [-0.2, -0.15) is 0 Å². The van der Waals surface area contributed by atoms with Gasteiger partial charge in [0.15, 0.2) is 5.69 Å². The Bertz CT molecular complexity index is 374. The fourth-order valence-electron chi connectivity index (χ4n) is 1.52. The Labute approximate surface area is 107 Å². The van der Waals surface area contributed by atoms with E-state index < -0.39 is 0 Å². The van der Waals surface area contributed by atoms with Crippen molar-refractivity contribution in [2.75, 3.05) is 12.4 Å². The van der Waals surface area contributed by atoms with Crippen molar-refractivity contribution in [3.8, 4) is 0 Å². The van der Waals surface area contributed by atoms with Gasteiger partial charge in [0, 0.05) is 18.5 Å². The third-order valence-corrected chi connectivity index (χ3v) is 2.84. The van der Waals surface area contributed by atoms with E-state index in [4.69, 9.17) is 16.1 Å². The Balaban J connectivity index is 2.42. The second-order valence-corrected chi connectivity index (χ2v) is 5.34. The van der Waals surface area contributed by atoms with Crippen LogP contribution in [0.1, 0.15) is 42.9 Å². The summed E-state index contributed by atoms with van der Waals surface area (Å²) >= 11 is 5.66. The van der Waals surface area contributed by atoms with Crippen LogP contribution in [0.4, 0.5) is 0 Å². The molecule has 1 aromatic rings. The summed E-state index contributed by atoms with van der Waals surface area (Å²) in [7, 11) is 0. The van der Waals surface area contributed by atoms with Crippen LogP contribution in [0.2, 0.25) is 0 Å². The van der Waals surface area contributed by atoms with Gasteiger partial charge in [-0.05, 0) is 25.2 Å². The Kier molecular flexibility index (Phi) is 5.00. The molecule has 96 valence electrons. The van der Waals surface area contributed by atoms with E-state index in [1.54, 1.807) is 13.0 Å². The van der Waals surface area contributed by atoms with Crippen LogP contribution in [-0.4, -0.2) is 23.5 Å². The number of carbonyl (C=O) groups is 1. The van der Waals surface area contributed by atoms with E-state index in [0.29, 0.717) is 23.9 Å². The normalized spacial score (nSPS) is 11.5. The topological polar surface area (TPSA) is 55.1 Å². The summed E-state index contributed by atoms with van der Waals surface area (Å²) in [5, 5.41) is 6.53. The second-order valence-electron chi connectivity index (χ2n) is 4.96. The number of nitrogens with one attached hydrogen (secondary N) is 1. The summed E-state index contributed by atoms with van der Waals surface area (Å²) in [5.74, 6) is 1.09. The molecule has 0 aliphatic heterocycles. The molecule has 0 radical (unpaired) electrons. The van der Waals surface area contributed by atoms with Gasteiger partial charge in [-0.3, -0.25) is 4.79 Å². The molecule has 0 saturated carbocycles. The minimum absolute atomic E-state index is 0.0450. The molecular weight excluding hydrogens is 240 g/mol. The van der Waals surface area contributed by atoms with Crippen molar-refractivity contribution in [3.05, 3.63) is 17.5 Å². The molecule has 0 spiro atoms. The van der Waals surface area contributed by atoms with Crippen molar-refractivity contribution in [3.63, 3.8) is 0 Å². The smallest absolute Gasteiger partial charge is 0.273 e. The third kappa shape index (κ3) is 4.77. The zero-order chi connectivity index (χ0) is 12.9. The maximum Gasteiger partial charge on any atom is 0.273 e. The predicted molar refractivity (Wildman–Crippen MR) is 67.3 cm³/mol. The highest BCUT2D eigenvalue weighted by molar-refractivity contribution is 6.17. The van der Waals surface area contributed by atoms with Crippen LogP contribution in [0.3, 0.4) is 0 Å². The SMILES string of the molecule is Cc1cc(C(=O)NCC(C)(C)CCCCl)no1. The van der Waals surface area contributed by atoms with Crippen molar-refractivity contribution in [1.29, 1.82) is 0 Å². The van der Waals surface area contributed by atoms with Crippen molar-refractivity contribution >= 4 is 17.5 Å². The molecule has 0 saturated heterocycles. The van der Waals surface area contributed by atoms with Gasteiger partial charge in [-0.1, -0.05) is 19.0 Å². The molecule has 1 aromatic heterocycles. The van der Waals surface area contributed by atoms with Crippen LogP contribution < -0.4 is 5.32 Å². The number of rotatable bonds is 6. The van der Waals surface area contributed by atoms with Gasteiger partial charge in [0.2, 0.25) is 0 Å². The van der Waals surface area contributed by atoms with Crippen molar-refractivity contribution in [2.24, 2.45) is 5.41 Å². The summed E-state index contributed by atoms with van der Waals surface area (Å²) in [6.07, 6.45) is 1.93. The van der Waals surface area contributed by atoms with Gasteiger partial charge in [0.25, 0.3) is 5.91 Å². The summed E-state index contributed by atoms with van der Waals surface area (Å²) < 4.78 is 4.85. The lowest BCUT2D eigenvalue weighted by molar-refractivity contribution is 0.0925. The molecule has 1 amide bonds. The fraction of sp³-hybridized carbons (Fsp3) is 0.667. The molecule has 0 bridgehead atoms. The van der Waals surface area contributed by atoms with Gasteiger partial charge < -0.3 is 9.84 Å². The number of hydrogen-bond donors (Lipinski definition) is 1. The summed E-state index contributed by atoms with van der Waals surface area (Å²) in [5.41, 5.74) is 0.374. The highest BCUT2D eigenvalue weighted by Gasteiger charge is 2.19. The maximum atomic E-state index is 11.7. The monoisotopic (exact) mass is 258 g/mol. The van der Waals surface area contributed by atoms with E-state index in [2.05, 4.69) is 24.3 Å². The number of amides is 1. The number of nitrogens with zero attached hydrogens (tertiary/aromatic N) is 1. The molecule has 0 atom stereocenters. The van der Waals surface area contributed by atoms with Crippen LogP contribution in [0.15, 0.2) is 10.6 Å². The average molecular weight is 259 g/mol. The van der Waals surface area contributed by atoms with E-state index >= 15 is 0 Å². The second kappa shape index (κ2) is 6.05. The van der Waals surface area contributed by atoms with Crippen LogP contribution in [0, 0.1) is 12.3 Å². The van der Waals surface area contributed by atoms with E-state index in [0.717, 1.165) is 12.8 Å². The van der Waals surface area contributed by atoms with Crippen LogP contribution in [-0.2, 0) is 0 Å². The lowest BCUT2D eigenvalue weighted by Crippen LogP contribution is -2.34. The van der Waals surface area contributed by atoms with E-state index in [9.17, 15) is 4.79 Å². The molecule has 4 nitrogen and oxygen atoms in total. The Morgan fingerprint density at radius 3 is 2.82 bits per heavy atom. The molecule has 1 N–H and O–H groups in total. The standard InChI is InChI=1S/C12H19ClN2O2/c1-9-7-10(15-17-9)11(16)14-8-12(2,3)5-4-6-13/h7H,4-6,8H2,1-3H3,(H,14,16). The van der Waals surface area contributed by atoms with Crippen LogP contribution in [0.5, 0.6) is 0 Å². The third-order valence-electron chi connectivity index (χ3n) is 2.58. The molecule has 1 rings (SSSR count). The molecule has 0 aromatic carbocycles. The predicted octanol–water partition coefficient (Wildman–Crippen LogP) is 2.76. The first kappa shape index (κ1) is 14.0. The first-order chi connectivity index (χ1) is 7.94. The lowest BCUT2D eigenvalue weighted by atomic mass is 9.88. The zero-order valence-electron chi connectivity index (χ0n) is 10.5. The summed E-state index contributed by atoms with van der Waals surface area (Å²) in [6.45, 7) is 6.57. The van der Waals surface area contributed by atoms with Crippen LogP contribution >= 0.6 is 11.6 Å². The largest absolute Gasteiger partial charge is 0.361 e. The Morgan fingerprint density at radius 2 is 2.29 bits per heavy atom. The number of hydrogen-bond acceptors (Lipinski definition) is 3. The fourth-order valence-corrected chi connectivity index (χ4v) is 1.65. The number of aryl methyl sites for hydroxylation is 1. The van der Waals surface area contributed by atoms with E-state index in [1.807, 2.05) is 0 Å². The number of halogens is 1.